The van der Waals surface area contributed by atoms with Crippen molar-refractivity contribution >= 4 is 17.3 Å². The molecule has 2 rings (SSSR count). The molecule has 0 saturated carbocycles. The van der Waals surface area contributed by atoms with Crippen LogP contribution in [0.2, 0.25) is 0 Å². The fourth-order valence-electron chi connectivity index (χ4n) is 1.92. The second-order valence-corrected chi connectivity index (χ2v) is 4.42. The molecule has 0 heterocycles. The first-order valence-corrected chi connectivity index (χ1v) is 6.24. The van der Waals surface area contributed by atoms with Crippen molar-refractivity contribution < 1.29 is 4.79 Å². The Labute approximate surface area is 118 Å². The minimum Gasteiger partial charge on any atom is -0.388 e. The second kappa shape index (κ2) is 5.89. The minimum atomic E-state index is -0.166. The zero-order chi connectivity index (χ0) is 14.5. The van der Waals surface area contributed by atoms with Crippen LogP contribution in [-0.2, 0) is 0 Å². The number of amides is 1. The number of nitriles is 1. The second-order valence-electron chi connectivity index (χ2n) is 4.42. The van der Waals surface area contributed by atoms with Gasteiger partial charge in [0.15, 0.2) is 0 Å². The van der Waals surface area contributed by atoms with Gasteiger partial charge in [0, 0.05) is 24.0 Å². The molecular formula is C16H15N3O. The summed E-state index contributed by atoms with van der Waals surface area (Å²) in [4.78, 5) is 12.1. The van der Waals surface area contributed by atoms with Gasteiger partial charge in [0.2, 0.25) is 0 Å². The van der Waals surface area contributed by atoms with Crippen LogP contribution in [0.4, 0.5) is 11.4 Å². The van der Waals surface area contributed by atoms with Gasteiger partial charge in [-0.3, -0.25) is 4.79 Å². The lowest BCUT2D eigenvalue weighted by Crippen LogP contribution is -2.12. The van der Waals surface area contributed by atoms with Gasteiger partial charge in [0.1, 0.15) is 0 Å². The molecule has 0 aromatic heterocycles. The Morgan fingerprint density at radius 2 is 1.85 bits per heavy atom. The van der Waals surface area contributed by atoms with E-state index in [-0.39, 0.29) is 5.91 Å². The number of carbonyl (C=O) groups is 1. The molecule has 2 aromatic rings. The van der Waals surface area contributed by atoms with Crippen LogP contribution in [0.15, 0.2) is 42.5 Å². The van der Waals surface area contributed by atoms with Gasteiger partial charge in [-0.25, -0.2) is 0 Å². The molecule has 0 spiro atoms. The summed E-state index contributed by atoms with van der Waals surface area (Å²) >= 11 is 0. The van der Waals surface area contributed by atoms with E-state index in [1.54, 1.807) is 30.3 Å². The van der Waals surface area contributed by atoms with Gasteiger partial charge < -0.3 is 10.6 Å². The normalized spacial score (nSPS) is 9.65. The van der Waals surface area contributed by atoms with E-state index < -0.39 is 0 Å². The van der Waals surface area contributed by atoms with E-state index in [1.165, 1.54) is 0 Å². The van der Waals surface area contributed by atoms with Crippen LogP contribution < -0.4 is 10.6 Å². The van der Waals surface area contributed by atoms with Gasteiger partial charge in [-0.2, -0.15) is 5.26 Å². The van der Waals surface area contributed by atoms with Crippen molar-refractivity contribution in [3.8, 4) is 6.07 Å². The summed E-state index contributed by atoms with van der Waals surface area (Å²) in [6, 6.07) is 14.3. The van der Waals surface area contributed by atoms with E-state index in [0.717, 1.165) is 11.3 Å². The third-order valence-electron chi connectivity index (χ3n) is 3.03. The lowest BCUT2D eigenvalue weighted by atomic mass is 10.1. The van der Waals surface area contributed by atoms with Gasteiger partial charge in [-0.15, -0.1) is 0 Å². The van der Waals surface area contributed by atoms with E-state index in [4.69, 9.17) is 5.26 Å². The molecule has 0 radical (unpaired) electrons. The summed E-state index contributed by atoms with van der Waals surface area (Å²) in [5.41, 5.74) is 3.85. The largest absolute Gasteiger partial charge is 0.388 e. The van der Waals surface area contributed by atoms with E-state index in [2.05, 4.69) is 10.6 Å². The summed E-state index contributed by atoms with van der Waals surface area (Å²) < 4.78 is 0. The van der Waals surface area contributed by atoms with Crippen LogP contribution in [0.25, 0.3) is 0 Å². The molecule has 20 heavy (non-hydrogen) atoms. The van der Waals surface area contributed by atoms with E-state index in [0.29, 0.717) is 16.8 Å². The van der Waals surface area contributed by atoms with Crippen molar-refractivity contribution in [3.05, 3.63) is 59.2 Å². The molecule has 0 unspecified atom stereocenters. The number of hydrogen-bond acceptors (Lipinski definition) is 3. The van der Waals surface area contributed by atoms with Crippen molar-refractivity contribution in [2.45, 2.75) is 6.92 Å². The summed E-state index contributed by atoms with van der Waals surface area (Å²) in [6.45, 7) is 1.95. The van der Waals surface area contributed by atoms with Crippen molar-refractivity contribution in [1.29, 1.82) is 5.26 Å². The molecule has 2 aromatic carbocycles. The van der Waals surface area contributed by atoms with E-state index >= 15 is 0 Å². The van der Waals surface area contributed by atoms with Gasteiger partial charge in [-0.1, -0.05) is 0 Å². The first kappa shape index (κ1) is 13.6. The molecule has 1 amide bonds. The molecule has 0 bridgehead atoms. The topological polar surface area (TPSA) is 64.9 Å². The fourth-order valence-corrected chi connectivity index (χ4v) is 1.92. The summed E-state index contributed by atoms with van der Waals surface area (Å²) in [7, 11) is 1.85. The number of nitrogens with one attached hydrogen (secondary N) is 2. The average Bonchev–Trinajstić information content (AvgIpc) is 2.48. The maximum Gasteiger partial charge on any atom is 0.255 e. The number of aryl methyl sites for hydroxylation is 1. The molecule has 0 aliphatic heterocycles. The van der Waals surface area contributed by atoms with Crippen LogP contribution >= 0.6 is 0 Å². The van der Waals surface area contributed by atoms with Crippen molar-refractivity contribution in [2.24, 2.45) is 0 Å². The number of carbonyl (C=O) groups excluding carboxylic acids is 1. The zero-order valence-electron chi connectivity index (χ0n) is 11.4. The molecule has 2 N–H and O–H groups in total. The SMILES string of the molecule is CNc1ccc(C(=O)Nc2ccc(C#N)cc2)cc1C. The predicted octanol–water partition coefficient (Wildman–Crippen LogP) is 3.16. The highest BCUT2D eigenvalue weighted by Gasteiger charge is 2.07. The number of anilines is 2. The quantitative estimate of drug-likeness (QED) is 0.896. The molecular weight excluding hydrogens is 250 g/mol. The third-order valence-corrected chi connectivity index (χ3v) is 3.03. The highest BCUT2D eigenvalue weighted by molar-refractivity contribution is 6.04. The first-order chi connectivity index (χ1) is 9.63. The molecule has 100 valence electrons. The summed E-state index contributed by atoms with van der Waals surface area (Å²) in [5, 5.41) is 14.6. The maximum absolute atomic E-state index is 12.1. The zero-order valence-corrected chi connectivity index (χ0v) is 11.4. The van der Waals surface area contributed by atoms with Crippen molar-refractivity contribution in [1.82, 2.24) is 0 Å². The number of benzene rings is 2. The fraction of sp³-hybridized carbons (Fsp3) is 0.125. The Morgan fingerprint density at radius 3 is 2.40 bits per heavy atom. The van der Waals surface area contributed by atoms with Crippen molar-refractivity contribution in [2.75, 3.05) is 17.7 Å². The molecule has 0 fully saturated rings. The highest BCUT2D eigenvalue weighted by atomic mass is 16.1. The lowest BCUT2D eigenvalue weighted by molar-refractivity contribution is 0.102. The number of rotatable bonds is 3. The van der Waals surface area contributed by atoms with Crippen LogP contribution in [-0.4, -0.2) is 13.0 Å². The Bertz CT molecular complexity index is 669. The molecule has 4 nitrogen and oxygen atoms in total. The molecule has 0 aliphatic rings. The monoisotopic (exact) mass is 265 g/mol. The third kappa shape index (κ3) is 2.96. The smallest absolute Gasteiger partial charge is 0.255 e. The predicted molar refractivity (Wildman–Crippen MR) is 79.8 cm³/mol. The molecule has 0 aliphatic carbocycles. The minimum absolute atomic E-state index is 0.166. The van der Waals surface area contributed by atoms with Crippen LogP contribution in [0.5, 0.6) is 0 Å². The summed E-state index contributed by atoms with van der Waals surface area (Å²) in [6.07, 6.45) is 0. The van der Waals surface area contributed by atoms with E-state index in [9.17, 15) is 4.79 Å². The first-order valence-electron chi connectivity index (χ1n) is 6.24. The lowest BCUT2D eigenvalue weighted by Gasteiger charge is -2.09. The average molecular weight is 265 g/mol. The van der Waals surface area contributed by atoms with Gasteiger partial charge >= 0.3 is 0 Å². The molecule has 4 heteroatoms. The van der Waals surface area contributed by atoms with E-state index in [1.807, 2.05) is 32.2 Å². The Hall–Kier alpha value is -2.80. The maximum atomic E-state index is 12.1. The number of hydrogen-bond donors (Lipinski definition) is 2. The molecule has 0 saturated heterocycles. The van der Waals surface area contributed by atoms with Crippen LogP contribution in [0, 0.1) is 18.3 Å². The van der Waals surface area contributed by atoms with Crippen molar-refractivity contribution in [3.63, 3.8) is 0 Å². The molecule has 0 atom stereocenters. The van der Waals surface area contributed by atoms with Crippen LogP contribution in [0.3, 0.4) is 0 Å². The van der Waals surface area contributed by atoms with Crippen LogP contribution in [0.1, 0.15) is 21.5 Å². The summed E-state index contributed by atoms with van der Waals surface area (Å²) in [5.74, 6) is -0.166. The Kier molecular flexibility index (Phi) is 4.02. The van der Waals surface area contributed by atoms with Gasteiger partial charge in [0.25, 0.3) is 5.91 Å². The highest BCUT2D eigenvalue weighted by Crippen LogP contribution is 2.17. The Balaban J connectivity index is 2.15. The number of nitrogens with zero attached hydrogens (tertiary/aromatic N) is 1. The van der Waals surface area contributed by atoms with Gasteiger partial charge in [-0.05, 0) is 55.0 Å². The van der Waals surface area contributed by atoms with Gasteiger partial charge in [0.05, 0.1) is 11.6 Å². The standard InChI is InChI=1S/C16H15N3O/c1-11-9-13(5-8-15(11)18-2)16(20)19-14-6-3-12(10-17)4-7-14/h3-9,18H,1-2H3,(H,19,20). The Morgan fingerprint density at radius 1 is 1.15 bits per heavy atom.